The lowest BCUT2D eigenvalue weighted by Crippen LogP contribution is -2.31. The maximum atomic E-state index is 8.86. The van der Waals surface area contributed by atoms with Crippen LogP contribution in [0.15, 0.2) is 0 Å². The van der Waals surface area contributed by atoms with Crippen LogP contribution in [0.1, 0.15) is 6.92 Å². The molecule has 1 atom stereocenters. The molecule has 0 fully saturated rings. The molecule has 0 amide bonds. The van der Waals surface area contributed by atoms with Crippen LogP contribution in [-0.2, 0) is 0 Å². The van der Waals surface area contributed by atoms with Gasteiger partial charge < -0.3 is 15.7 Å². The van der Waals surface area contributed by atoms with Crippen LogP contribution in [0.25, 0.3) is 0 Å². The van der Waals surface area contributed by atoms with E-state index in [9.17, 15) is 0 Å². The van der Waals surface area contributed by atoms with Crippen molar-refractivity contribution in [1.29, 1.82) is 0 Å². The summed E-state index contributed by atoms with van der Waals surface area (Å²) in [6.45, 7) is 1.99. The second kappa shape index (κ2) is 3.68. The molecule has 68 valence electrons. The normalized spacial score (nSPS) is 12.9. The molecule has 1 heterocycles. The molecule has 0 aliphatic rings. The standard InChI is InChI=1S/C6H12N4OS/c1-4(3-11)10(2)6-8-5(7)9-12-6/h4,11H,3H2,1-2H3,(H2,7,9). The Morgan fingerprint density at radius 2 is 2.42 bits per heavy atom. The summed E-state index contributed by atoms with van der Waals surface area (Å²) in [5, 5.41) is 9.59. The Labute approximate surface area is 75.0 Å². The SMILES string of the molecule is CC(CO)N(C)c1nc(N)ns1. The molecule has 0 saturated heterocycles. The number of aromatic nitrogens is 2. The number of rotatable bonds is 3. The summed E-state index contributed by atoms with van der Waals surface area (Å²) in [7, 11) is 1.85. The van der Waals surface area contributed by atoms with Crippen LogP contribution in [0.4, 0.5) is 11.1 Å². The van der Waals surface area contributed by atoms with Crippen molar-refractivity contribution in [1.82, 2.24) is 9.36 Å². The van der Waals surface area contributed by atoms with E-state index in [1.54, 1.807) is 0 Å². The second-order valence-corrected chi connectivity index (χ2v) is 3.31. The minimum absolute atomic E-state index is 0.0392. The van der Waals surface area contributed by atoms with Gasteiger partial charge in [-0.1, -0.05) is 0 Å². The van der Waals surface area contributed by atoms with Gasteiger partial charge >= 0.3 is 0 Å². The molecular formula is C6H12N4OS. The van der Waals surface area contributed by atoms with Crippen LogP contribution >= 0.6 is 11.5 Å². The fraction of sp³-hybridized carbons (Fsp3) is 0.667. The summed E-state index contributed by atoms with van der Waals surface area (Å²) in [5.74, 6) is 0.284. The molecule has 0 bridgehead atoms. The highest BCUT2D eigenvalue weighted by atomic mass is 32.1. The van der Waals surface area contributed by atoms with Gasteiger partial charge in [0, 0.05) is 18.6 Å². The number of hydrogen-bond acceptors (Lipinski definition) is 6. The zero-order chi connectivity index (χ0) is 9.14. The van der Waals surface area contributed by atoms with Crippen LogP contribution in [0, 0.1) is 0 Å². The molecule has 0 aliphatic heterocycles. The number of nitrogen functional groups attached to an aromatic ring is 1. The van der Waals surface area contributed by atoms with E-state index in [4.69, 9.17) is 10.8 Å². The summed E-state index contributed by atoms with van der Waals surface area (Å²) < 4.78 is 3.84. The average molecular weight is 188 g/mol. The van der Waals surface area contributed by atoms with Gasteiger partial charge in [-0.15, -0.1) is 0 Å². The molecule has 6 heteroatoms. The van der Waals surface area contributed by atoms with Crippen molar-refractivity contribution in [3.05, 3.63) is 0 Å². The minimum atomic E-state index is 0.0392. The lowest BCUT2D eigenvalue weighted by molar-refractivity contribution is 0.270. The van der Waals surface area contributed by atoms with E-state index in [1.807, 2.05) is 18.9 Å². The van der Waals surface area contributed by atoms with Gasteiger partial charge in [0.05, 0.1) is 12.6 Å². The largest absolute Gasteiger partial charge is 0.394 e. The van der Waals surface area contributed by atoms with E-state index in [-0.39, 0.29) is 18.6 Å². The molecule has 3 N–H and O–H groups in total. The Bertz CT molecular complexity index is 251. The first kappa shape index (κ1) is 9.21. The van der Waals surface area contributed by atoms with Crippen molar-refractivity contribution < 1.29 is 5.11 Å². The fourth-order valence-corrected chi connectivity index (χ4v) is 1.34. The van der Waals surface area contributed by atoms with Crippen molar-refractivity contribution in [2.75, 3.05) is 24.3 Å². The third-order valence-electron chi connectivity index (χ3n) is 1.66. The van der Waals surface area contributed by atoms with E-state index in [0.29, 0.717) is 0 Å². The molecule has 0 radical (unpaired) electrons. The third kappa shape index (κ3) is 1.83. The smallest absolute Gasteiger partial charge is 0.233 e. The Hall–Kier alpha value is -0.880. The van der Waals surface area contributed by atoms with Crippen LogP contribution in [0.2, 0.25) is 0 Å². The summed E-state index contributed by atoms with van der Waals surface area (Å²) in [6, 6.07) is 0.0392. The minimum Gasteiger partial charge on any atom is -0.394 e. The lowest BCUT2D eigenvalue weighted by Gasteiger charge is -2.21. The first-order valence-corrected chi connectivity index (χ1v) is 4.35. The van der Waals surface area contributed by atoms with Gasteiger partial charge in [0.2, 0.25) is 11.1 Å². The van der Waals surface area contributed by atoms with Gasteiger partial charge in [0.25, 0.3) is 0 Å². The maximum absolute atomic E-state index is 8.86. The Kier molecular flexibility index (Phi) is 2.83. The monoisotopic (exact) mass is 188 g/mol. The van der Waals surface area contributed by atoms with E-state index in [0.717, 1.165) is 5.13 Å². The number of aliphatic hydroxyl groups is 1. The topological polar surface area (TPSA) is 75.3 Å². The molecule has 0 saturated carbocycles. The fourth-order valence-electron chi connectivity index (χ4n) is 0.681. The Balaban J connectivity index is 2.70. The number of nitrogens with two attached hydrogens (primary N) is 1. The van der Waals surface area contributed by atoms with Gasteiger partial charge in [-0.3, -0.25) is 0 Å². The summed E-state index contributed by atoms with van der Waals surface area (Å²) >= 11 is 1.23. The highest BCUT2D eigenvalue weighted by Crippen LogP contribution is 2.18. The van der Waals surface area contributed by atoms with Crippen molar-refractivity contribution in [2.45, 2.75) is 13.0 Å². The maximum Gasteiger partial charge on any atom is 0.233 e. The lowest BCUT2D eigenvalue weighted by atomic mass is 10.3. The quantitative estimate of drug-likeness (QED) is 0.695. The van der Waals surface area contributed by atoms with Crippen molar-refractivity contribution in [3.8, 4) is 0 Å². The molecule has 0 aliphatic carbocycles. The Morgan fingerprint density at radius 3 is 2.83 bits per heavy atom. The van der Waals surface area contributed by atoms with Gasteiger partial charge in [0.15, 0.2) is 0 Å². The zero-order valence-corrected chi connectivity index (χ0v) is 7.88. The summed E-state index contributed by atoms with van der Waals surface area (Å²) in [6.07, 6.45) is 0. The van der Waals surface area contributed by atoms with Crippen LogP contribution < -0.4 is 10.6 Å². The third-order valence-corrected chi connectivity index (χ3v) is 2.48. The van der Waals surface area contributed by atoms with Gasteiger partial charge in [-0.05, 0) is 6.92 Å². The molecule has 0 spiro atoms. The van der Waals surface area contributed by atoms with Crippen molar-refractivity contribution in [3.63, 3.8) is 0 Å². The first-order valence-electron chi connectivity index (χ1n) is 3.58. The van der Waals surface area contributed by atoms with Gasteiger partial charge in [-0.25, -0.2) is 0 Å². The second-order valence-electron chi connectivity index (χ2n) is 2.58. The molecule has 5 nitrogen and oxygen atoms in total. The predicted octanol–water partition coefficient (Wildman–Crippen LogP) is -0.0627. The Morgan fingerprint density at radius 1 is 1.75 bits per heavy atom. The van der Waals surface area contributed by atoms with E-state index in [2.05, 4.69) is 9.36 Å². The number of anilines is 2. The molecule has 1 aromatic rings. The van der Waals surface area contributed by atoms with Crippen molar-refractivity contribution in [2.24, 2.45) is 0 Å². The van der Waals surface area contributed by atoms with Crippen LogP contribution in [0.3, 0.4) is 0 Å². The highest BCUT2D eigenvalue weighted by Gasteiger charge is 2.12. The van der Waals surface area contributed by atoms with E-state index < -0.39 is 0 Å². The van der Waals surface area contributed by atoms with Crippen LogP contribution in [0.5, 0.6) is 0 Å². The van der Waals surface area contributed by atoms with Gasteiger partial charge in [-0.2, -0.15) is 9.36 Å². The highest BCUT2D eigenvalue weighted by molar-refractivity contribution is 7.09. The first-order chi connectivity index (χ1) is 5.65. The summed E-state index contributed by atoms with van der Waals surface area (Å²) in [5.41, 5.74) is 5.36. The zero-order valence-electron chi connectivity index (χ0n) is 7.06. The predicted molar refractivity (Wildman–Crippen MR) is 49.3 cm³/mol. The molecule has 12 heavy (non-hydrogen) atoms. The van der Waals surface area contributed by atoms with Gasteiger partial charge in [0.1, 0.15) is 0 Å². The molecular weight excluding hydrogens is 176 g/mol. The molecule has 0 aromatic carbocycles. The molecule has 1 unspecified atom stereocenters. The van der Waals surface area contributed by atoms with Crippen LogP contribution in [-0.4, -0.2) is 34.2 Å². The number of hydrogen-bond donors (Lipinski definition) is 2. The number of likely N-dealkylation sites (N-methyl/N-ethyl adjacent to an activating group) is 1. The average Bonchev–Trinajstić information content (AvgIpc) is 2.49. The molecule has 1 aromatic heterocycles. The van der Waals surface area contributed by atoms with Crippen molar-refractivity contribution >= 4 is 22.6 Å². The van der Waals surface area contributed by atoms with E-state index >= 15 is 0 Å². The summed E-state index contributed by atoms with van der Waals surface area (Å²) in [4.78, 5) is 5.82. The number of aliphatic hydroxyl groups excluding tert-OH is 1. The number of nitrogens with zero attached hydrogens (tertiary/aromatic N) is 3. The van der Waals surface area contributed by atoms with E-state index in [1.165, 1.54) is 11.5 Å². The molecule has 1 rings (SSSR count).